The van der Waals surface area contributed by atoms with Gasteiger partial charge >= 0.3 is 0 Å². The minimum Gasteiger partial charge on any atom is -0.303 e. The molecule has 3 heteroatoms. The second-order valence-corrected chi connectivity index (χ2v) is 5.12. The molecule has 0 atom stereocenters. The molecule has 0 aliphatic heterocycles. The van der Waals surface area contributed by atoms with E-state index in [0.29, 0.717) is 0 Å². The number of aryl methyl sites for hydroxylation is 1. The summed E-state index contributed by atoms with van der Waals surface area (Å²) >= 11 is 1.78. The Bertz CT molecular complexity index is 392. The summed E-state index contributed by atoms with van der Waals surface area (Å²) in [4.78, 5) is 3.50. The van der Waals surface area contributed by atoms with Crippen LogP contribution in [0.2, 0.25) is 0 Å². The van der Waals surface area contributed by atoms with Crippen molar-refractivity contribution in [2.75, 3.05) is 25.4 Å². The first kappa shape index (κ1) is 14.1. The summed E-state index contributed by atoms with van der Waals surface area (Å²) in [5.41, 5.74) is 1.95. The van der Waals surface area contributed by atoms with Crippen LogP contribution in [-0.2, 0) is 0 Å². The molecule has 0 saturated carbocycles. The maximum atomic E-state index is 9.07. The van der Waals surface area contributed by atoms with Gasteiger partial charge in [0, 0.05) is 17.2 Å². The van der Waals surface area contributed by atoms with Gasteiger partial charge in [0.05, 0.1) is 5.56 Å². The van der Waals surface area contributed by atoms with Crippen molar-refractivity contribution < 1.29 is 0 Å². The molecule has 2 nitrogen and oxygen atoms in total. The molecule has 0 aliphatic carbocycles. The Morgan fingerprint density at radius 1 is 1.29 bits per heavy atom. The molecule has 0 radical (unpaired) electrons. The van der Waals surface area contributed by atoms with E-state index in [0.717, 1.165) is 41.4 Å². The van der Waals surface area contributed by atoms with E-state index in [4.69, 9.17) is 5.26 Å². The van der Waals surface area contributed by atoms with Crippen molar-refractivity contribution in [2.24, 2.45) is 0 Å². The fourth-order valence-electron chi connectivity index (χ4n) is 1.68. The van der Waals surface area contributed by atoms with Crippen molar-refractivity contribution in [3.05, 3.63) is 29.3 Å². The Balaban J connectivity index is 2.55. The van der Waals surface area contributed by atoms with E-state index >= 15 is 0 Å². The van der Waals surface area contributed by atoms with Crippen molar-refractivity contribution in [2.45, 2.75) is 25.7 Å². The monoisotopic (exact) mass is 248 g/mol. The summed E-state index contributed by atoms with van der Waals surface area (Å²) in [6.07, 6.45) is 0. The summed E-state index contributed by atoms with van der Waals surface area (Å²) in [6.45, 7) is 9.65. The van der Waals surface area contributed by atoms with Gasteiger partial charge in [-0.25, -0.2) is 0 Å². The van der Waals surface area contributed by atoms with Gasteiger partial charge in [-0.3, -0.25) is 0 Å². The first-order valence-corrected chi connectivity index (χ1v) is 7.05. The SMILES string of the molecule is CCN(CC)CCSc1ccc(C)cc1C#N. The molecule has 1 aromatic carbocycles. The third kappa shape index (κ3) is 4.41. The van der Waals surface area contributed by atoms with Crippen LogP contribution in [0.3, 0.4) is 0 Å². The van der Waals surface area contributed by atoms with Crippen molar-refractivity contribution in [1.82, 2.24) is 4.90 Å². The third-order valence-corrected chi connectivity index (χ3v) is 3.87. The summed E-state index contributed by atoms with van der Waals surface area (Å²) in [7, 11) is 0. The molecule has 1 rings (SSSR count). The highest BCUT2D eigenvalue weighted by Crippen LogP contribution is 2.23. The molecule has 0 spiro atoms. The number of nitrogens with zero attached hydrogens (tertiary/aromatic N) is 2. The van der Waals surface area contributed by atoms with Gasteiger partial charge in [-0.1, -0.05) is 19.9 Å². The summed E-state index contributed by atoms with van der Waals surface area (Å²) in [5.74, 6) is 1.04. The zero-order valence-corrected chi connectivity index (χ0v) is 11.7. The molecular weight excluding hydrogens is 228 g/mol. The predicted octanol–water partition coefficient (Wildman–Crippen LogP) is 3.30. The normalized spacial score (nSPS) is 10.5. The van der Waals surface area contributed by atoms with E-state index in [2.05, 4.69) is 36.9 Å². The second kappa shape index (κ2) is 7.37. The van der Waals surface area contributed by atoms with Crippen LogP contribution in [-0.4, -0.2) is 30.3 Å². The molecule has 17 heavy (non-hydrogen) atoms. The molecule has 0 amide bonds. The number of rotatable bonds is 6. The van der Waals surface area contributed by atoms with Crippen LogP contribution in [0.1, 0.15) is 25.0 Å². The molecule has 92 valence electrons. The van der Waals surface area contributed by atoms with Crippen molar-refractivity contribution >= 4 is 11.8 Å². The summed E-state index contributed by atoms with van der Waals surface area (Å²) in [5, 5.41) is 9.07. The molecule has 0 fully saturated rings. The minimum absolute atomic E-state index is 0.801. The maximum absolute atomic E-state index is 9.07. The highest BCUT2D eigenvalue weighted by atomic mass is 32.2. The lowest BCUT2D eigenvalue weighted by molar-refractivity contribution is 0.324. The summed E-state index contributed by atoms with van der Waals surface area (Å²) in [6, 6.07) is 8.35. The fourth-order valence-corrected chi connectivity index (χ4v) is 2.68. The average Bonchev–Trinajstić information content (AvgIpc) is 2.36. The van der Waals surface area contributed by atoms with Crippen LogP contribution >= 0.6 is 11.8 Å². The van der Waals surface area contributed by atoms with Crippen LogP contribution in [0, 0.1) is 18.3 Å². The molecule has 0 N–H and O–H groups in total. The van der Waals surface area contributed by atoms with Crippen LogP contribution in [0.4, 0.5) is 0 Å². The highest BCUT2D eigenvalue weighted by Gasteiger charge is 2.04. The van der Waals surface area contributed by atoms with Crippen LogP contribution in [0.5, 0.6) is 0 Å². The van der Waals surface area contributed by atoms with Gasteiger partial charge in [-0.2, -0.15) is 5.26 Å². The standard InChI is InChI=1S/C14H20N2S/c1-4-16(5-2)8-9-17-14-7-6-12(3)10-13(14)11-15/h6-7,10H,4-5,8-9H2,1-3H3. The van der Waals surface area contributed by atoms with Crippen LogP contribution in [0.25, 0.3) is 0 Å². The van der Waals surface area contributed by atoms with E-state index in [-0.39, 0.29) is 0 Å². The number of thioether (sulfide) groups is 1. The summed E-state index contributed by atoms with van der Waals surface area (Å²) < 4.78 is 0. The predicted molar refractivity (Wildman–Crippen MR) is 74.4 cm³/mol. The van der Waals surface area contributed by atoms with Gasteiger partial charge in [-0.05, 0) is 37.7 Å². The van der Waals surface area contributed by atoms with Gasteiger partial charge < -0.3 is 4.90 Å². The number of hydrogen-bond acceptors (Lipinski definition) is 3. The Hall–Kier alpha value is -0.980. The first-order chi connectivity index (χ1) is 8.21. The van der Waals surface area contributed by atoms with E-state index in [1.165, 1.54) is 0 Å². The minimum atomic E-state index is 0.801. The molecule has 1 aromatic rings. The Morgan fingerprint density at radius 2 is 2.00 bits per heavy atom. The molecular formula is C14H20N2S. The lowest BCUT2D eigenvalue weighted by Crippen LogP contribution is -2.25. The first-order valence-electron chi connectivity index (χ1n) is 6.07. The highest BCUT2D eigenvalue weighted by molar-refractivity contribution is 7.99. The fraction of sp³-hybridized carbons (Fsp3) is 0.500. The lowest BCUT2D eigenvalue weighted by atomic mass is 10.2. The quantitative estimate of drug-likeness (QED) is 0.723. The van der Waals surface area contributed by atoms with E-state index in [1.807, 2.05) is 13.0 Å². The third-order valence-electron chi connectivity index (χ3n) is 2.82. The van der Waals surface area contributed by atoms with E-state index in [1.54, 1.807) is 11.8 Å². The topological polar surface area (TPSA) is 27.0 Å². The van der Waals surface area contributed by atoms with Gasteiger partial charge in [0.2, 0.25) is 0 Å². The number of hydrogen-bond donors (Lipinski definition) is 0. The Kier molecular flexibility index (Phi) is 6.10. The van der Waals surface area contributed by atoms with Crippen molar-refractivity contribution in [3.8, 4) is 6.07 Å². The lowest BCUT2D eigenvalue weighted by Gasteiger charge is -2.17. The Morgan fingerprint density at radius 3 is 2.59 bits per heavy atom. The molecule has 0 heterocycles. The largest absolute Gasteiger partial charge is 0.303 e. The van der Waals surface area contributed by atoms with Crippen molar-refractivity contribution in [1.29, 1.82) is 5.26 Å². The smallest absolute Gasteiger partial charge is 0.100 e. The van der Waals surface area contributed by atoms with Gasteiger partial charge in [-0.15, -0.1) is 11.8 Å². The van der Waals surface area contributed by atoms with Gasteiger partial charge in [0.15, 0.2) is 0 Å². The number of nitriles is 1. The van der Waals surface area contributed by atoms with Crippen LogP contribution < -0.4 is 0 Å². The molecule has 0 bridgehead atoms. The molecule has 0 unspecified atom stereocenters. The maximum Gasteiger partial charge on any atom is 0.100 e. The van der Waals surface area contributed by atoms with Gasteiger partial charge in [0.1, 0.15) is 6.07 Å². The average molecular weight is 248 g/mol. The number of benzene rings is 1. The molecule has 0 aliphatic rings. The van der Waals surface area contributed by atoms with Crippen molar-refractivity contribution in [3.63, 3.8) is 0 Å². The van der Waals surface area contributed by atoms with Gasteiger partial charge in [0.25, 0.3) is 0 Å². The molecule has 0 saturated heterocycles. The second-order valence-electron chi connectivity index (χ2n) is 3.99. The van der Waals surface area contributed by atoms with Crippen LogP contribution in [0.15, 0.2) is 23.1 Å². The van der Waals surface area contributed by atoms with E-state index < -0.39 is 0 Å². The molecule has 0 aromatic heterocycles. The van der Waals surface area contributed by atoms with E-state index in [9.17, 15) is 0 Å². The zero-order chi connectivity index (χ0) is 12.7. The zero-order valence-electron chi connectivity index (χ0n) is 10.9. The Labute approximate surface area is 109 Å².